The van der Waals surface area contributed by atoms with Gasteiger partial charge in [0.2, 0.25) is 0 Å². The highest BCUT2D eigenvalue weighted by Crippen LogP contribution is 2.05. The second kappa shape index (κ2) is 4.82. The van der Waals surface area contributed by atoms with Crippen molar-refractivity contribution in [2.24, 2.45) is 16.6 Å². The number of alkyl halides is 2. The summed E-state index contributed by atoms with van der Waals surface area (Å²) in [5, 5.41) is 0. The average molecular weight is 162 g/mol. The quantitative estimate of drug-likeness (QED) is 0.498. The number of halogens is 2. The molecule has 0 aromatic rings. The third-order valence-electron chi connectivity index (χ3n) is 1.20. The SMILES string of the molecule is CC(C)C(C=NC(F)F)=CN. The van der Waals surface area contributed by atoms with E-state index in [1.54, 1.807) is 0 Å². The number of nitrogens with two attached hydrogens (primary N) is 1. The minimum absolute atomic E-state index is 0.127. The Balaban J connectivity index is 4.10. The molecule has 0 saturated carbocycles. The van der Waals surface area contributed by atoms with Crippen LogP contribution in [-0.4, -0.2) is 12.8 Å². The zero-order chi connectivity index (χ0) is 8.85. The van der Waals surface area contributed by atoms with Crippen molar-refractivity contribution in [1.82, 2.24) is 0 Å². The lowest BCUT2D eigenvalue weighted by Crippen LogP contribution is -2.00. The highest BCUT2D eigenvalue weighted by atomic mass is 19.3. The molecule has 0 unspecified atom stereocenters. The van der Waals surface area contributed by atoms with Crippen molar-refractivity contribution in [3.8, 4) is 0 Å². The van der Waals surface area contributed by atoms with Crippen LogP contribution < -0.4 is 5.73 Å². The normalized spacial score (nSPS) is 13.8. The molecular weight excluding hydrogens is 150 g/mol. The minimum Gasteiger partial charge on any atom is -0.404 e. The maximum atomic E-state index is 11.5. The van der Waals surface area contributed by atoms with Crippen LogP contribution in [-0.2, 0) is 0 Å². The van der Waals surface area contributed by atoms with E-state index in [1.165, 1.54) is 6.20 Å². The molecule has 2 nitrogen and oxygen atoms in total. The Bertz CT molecular complexity index is 162. The Labute approximate surface area is 64.8 Å². The van der Waals surface area contributed by atoms with Gasteiger partial charge >= 0.3 is 6.55 Å². The first kappa shape index (κ1) is 10.1. The van der Waals surface area contributed by atoms with Gasteiger partial charge in [-0.2, -0.15) is 8.78 Å². The highest BCUT2D eigenvalue weighted by molar-refractivity contribution is 5.78. The molecule has 0 fully saturated rings. The Morgan fingerprint density at radius 3 is 2.27 bits per heavy atom. The van der Waals surface area contributed by atoms with E-state index in [1.807, 2.05) is 13.8 Å². The zero-order valence-corrected chi connectivity index (χ0v) is 6.59. The molecule has 0 atom stereocenters. The fourth-order valence-corrected chi connectivity index (χ4v) is 0.527. The molecule has 0 aromatic carbocycles. The molecule has 0 bridgehead atoms. The van der Waals surface area contributed by atoms with Crippen LogP contribution in [0, 0.1) is 5.92 Å². The van der Waals surface area contributed by atoms with Crippen molar-refractivity contribution in [2.75, 3.05) is 0 Å². The lowest BCUT2D eigenvalue weighted by atomic mass is 10.1. The van der Waals surface area contributed by atoms with Crippen molar-refractivity contribution in [1.29, 1.82) is 0 Å². The van der Waals surface area contributed by atoms with Crippen molar-refractivity contribution in [2.45, 2.75) is 20.4 Å². The van der Waals surface area contributed by atoms with Gasteiger partial charge in [-0.3, -0.25) is 0 Å². The van der Waals surface area contributed by atoms with Crippen LogP contribution in [0.15, 0.2) is 16.8 Å². The fourth-order valence-electron chi connectivity index (χ4n) is 0.527. The number of hydrogen-bond acceptors (Lipinski definition) is 2. The van der Waals surface area contributed by atoms with Crippen molar-refractivity contribution < 1.29 is 8.78 Å². The molecule has 64 valence electrons. The largest absolute Gasteiger partial charge is 0.404 e. The first-order chi connectivity index (χ1) is 5.07. The lowest BCUT2D eigenvalue weighted by molar-refractivity contribution is 0.160. The molecule has 0 aliphatic carbocycles. The van der Waals surface area contributed by atoms with Gasteiger partial charge in [-0.1, -0.05) is 13.8 Å². The summed E-state index contributed by atoms with van der Waals surface area (Å²) in [6.07, 6.45) is 2.39. The lowest BCUT2D eigenvalue weighted by Gasteiger charge is -2.02. The summed E-state index contributed by atoms with van der Waals surface area (Å²) in [5.74, 6) is 0.127. The van der Waals surface area contributed by atoms with E-state index in [0.717, 1.165) is 6.21 Å². The summed E-state index contributed by atoms with van der Waals surface area (Å²) in [4.78, 5) is 2.91. The van der Waals surface area contributed by atoms with Gasteiger partial charge in [-0.05, 0) is 17.7 Å². The summed E-state index contributed by atoms with van der Waals surface area (Å²) in [5.41, 5.74) is 5.78. The molecule has 0 aromatic heterocycles. The van der Waals surface area contributed by atoms with E-state index in [4.69, 9.17) is 5.73 Å². The van der Waals surface area contributed by atoms with Gasteiger partial charge in [0.25, 0.3) is 0 Å². The molecule has 4 heteroatoms. The van der Waals surface area contributed by atoms with Crippen LogP contribution >= 0.6 is 0 Å². The molecule has 2 N–H and O–H groups in total. The first-order valence-electron chi connectivity index (χ1n) is 3.31. The summed E-state index contributed by atoms with van der Waals surface area (Å²) < 4.78 is 23.1. The molecular formula is C7H12F2N2. The molecule has 0 radical (unpaired) electrons. The Kier molecular flexibility index (Phi) is 4.41. The van der Waals surface area contributed by atoms with Crippen LogP contribution in [0.1, 0.15) is 13.8 Å². The second-order valence-electron chi connectivity index (χ2n) is 2.38. The number of allylic oxidation sites excluding steroid dienone is 1. The maximum absolute atomic E-state index is 11.5. The smallest absolute Gasteiger partial charge is 0.331 e. The van der Waals surface area contributed by atoms with Gasteiger partial charge in [0, 0.05) is 6.21 Å². The number of nitrogens with zero attached hydrogens (tertiary/aromatic N) is 1. The Morgan fingerprint density at radius 2 is 2.00 bits per heavy atom. The third kappa shape index (κ3) is 4.47. The van der Waals surface area contributed by atoms with Crippen LogP contribution in [0.25, 0.3) is 0 Å². The molecule has 0 aliphatic heterocycles. The van der Waals surface area contributed by atoms with E-state index < -0.39 is 6.55 Å². The van der Waals surface area contributed by atoms with Crippen molar-refractivity contribution >= 4 is 6.21 Å². The van der Waals surface area contributed by atoms with E-state index in [2.05, 4.69) is 4.99 Å². The molecule has 11 heavy (non-hydrogen) atoms. The van der Waals surface area contributed by atoms with Gasteiger partial charge in [0.05, 0.1) is 0 Å². The third-order valence-corrected chi connectivity index (χ3v) is 1.20. The van der Waals surface area contributed by atoms with E-state index in [9.17, 15) is 8.78 Å². The Hall–Kier alpha value is -0.930. The van der Waals surface area contributed by atoms with E-state index in [0.29, 0.717) is 5.57 Å². The monoisotopic (exact) mass is 162 g/mol. The van der Waals surface area contributed by atoms with Crippen LogP contribution in [0.5, 0.6) is 0 Å². The topological polar surface area (TPSA) is 38.4 Å². The highest BCUT2D eigenvalue weighted by Gasteiger charge is 2.00. The van der Waals surface area contributed by atoms with Crippen LogP contribution in [0.2, 0.25) is 0 Å². The minimum atomic E-state index is -2.65. The number of aliphatic imine (C=N–C) groups is 1. The average Bonchev–Trinajstić information content (AvgIpc) is 1.87. The Morgan fingerprint density at radius 1 is 1.45 bits per heavy atom. The molecule has 0 aliphatic rings. The van der Waals surface area contributed by atoms with E-state index >= 15 is 0 Å². The molecule has 0 amide bonds. The van der Waals surface area contributed by atoms with Gasteiger partial charge in [-0.15, -0.1) is 0 Å². The predicted molar refractivity (Wildman–Crippen MR) is 41.6 cm³/mol. The van der Waals surface area contributed by atoms with Gasteiger partial charge in [-0.25, -0.2) is 4.99 Å². The summed E-state index contributed by atoms with van der Waals surface area (Å²) in [6, 6.07) is 0. The summed E-state index contributed by atoms with van der Waals surface area (Å²) >= 11 is 0. The zero-order valence-electron chi connectivity index (χ0n) is 6.59. The van der Waals surface area contributed by atoms with Gasteiger partial charge in [0.15, 0.2) is 0 Å². The summed E-state index contributed by atoms with van der Waals surface area (Å²) in [6.45, 7) is 1.07. The second-order valence-corrected chi connectivity index (χ2v) is 2.38. The number of rotatable bonds is 3. The summed E-state index contributed by atoms with van der Waals surface area (Å²) in [7, 11) is 0. The van der Waals surface area contributed by atoms with Crippen LogP contribution in [0.4, 0.5) is 8.78 Å². The predicted octanol–water partition coefficient (Wildman–Crippen LogP) is 1.78. The van der Waals surface area contributed by atoms with Crippen molar-refractivity contribution in [3.63, 3.8) is 0 Å². The number of hydrogen-bond donors (Lipinski definition) is 1. The maximum Gasteiger partial charge on any atom is 0.331 e. The van der Waals surface area contributed by atoms with Crippen molar-refractivity contribution in [3.05, 3.63) is 11.8 Å². The van der Waals surface area contributed by atoms with E-state index in [-0.39, 0.29) is 5.92 Å². The molecule has 0 rings (SSSR count). The van der Waals surface area contributed by atoms with Crippen LogP contribution in [0.3, 0.4) is 0 Å². The van der Waals surface area contributed by atoms with Gasteiger partial charge < -0.3 is 5.73 Å². The fraction of sp³-hybridized carbons (Fsp3) is 0.571. The standard InChI is InChI=1S/C7H12F2N2/c1-5(2)6(3-10)4-11-7(8)9/h3-5,7H,10H2,1-2H3. The van der Waals surface area contributed by atoms with Gasteiger partial charge in [0.1, 0.15) is 0 Å². The molecule has 0 spiro atoms. The first-order valence-corrected chi connectivity index (χ1v) is 3.31. The molecule has 0 saturated heterocycles. The molecule has 0 heterocycles.